The van der Waals surface area contributed by atoms with Crippen LogP contribution in [0.1, 0.15) is 73.9 Å². The van der Waals surface area contributed by atoms with Gasteiger partial charge < -0.3 is 10.3 Å². The number of aromatic amines is 1. The summed E-state index contributed by atoms with van der Waals surface area (Å²) in [4.78, 5) is 34.3. The second kappa shape index (κ2) is 12.5. The molecular weight excluding hydrogens is 420 g/mol. The molecule has 0 spiro atoms. The molecule has 0 saturated heterocycles. The van der Waals surface area contributed by atoms with Crippen molar-refractivity contribution in [3.05, 3.63) is 63.0 Å². The number of fused-ring (bicyclic) bond motifs is 1. The van der Waals surface area contributed by atoms with Crippen molar-refractivity contribution in [2.45, 2.75) is 65.5 Å². The maximum absolute atomic E-state index is 12.6. The molecule has 0 aliphatic rings. The first-order valence-electron chi connectivity index (χ1n) is 11.7. The van der Waals surface area contributed by atoms with Crippen LogP contribution in [-0.4, -0.2) is 33.9 Å². The molecule has 0 aliphatic heterocycles. The third kappa shape index (κ3) is 6.74. The number of hydrogen-bond acceptors (Lipinski definition) is 5. The molecule has 0 aliphatic carbocycles. The number of hydrogen-bond donors (Lipinski definition) is 2. The van der Waals surface area contributed by atoms with Crippen LogP contribution in [-0.2, 0) is 13.1 Å². The number of rotatable bonds is 13. The third-order valence-corrected chi connectivity index (χ3v) is 6.66. The Bertz CT molecular complexity index is 1040. The van der Waals surface area contributed by atoms with Crippen molar-refractivity contribution in [3.63, 3.8) is 0 Å². The van der Waals surface area contributed by atoms with Crippen LogP contribution in [0.4, 0.5) is 0 Å². The van der Waals surface area contributed by atoms with Crippen LogP contribution in [0.5, 0.6) is 0 Å². The summed E-state index contributed by atoms with van der Waals surface area (Å²) in [5.41, 5.74) is 2.42. The number of carbonyl (C=O) groups is 1. The van der Waals surface area contributed by atoms with E-state index >= 15 is 0 Å². The fourth-order valence-corrected chi connectivity index (χ4v) is 4.70. The molecule has 0 bridgehead atoms. The Hall–Kier alpha value is -2.51. The zero-order chi connectivity index (χ0) is 22.8. The predicted octanol–water partition coefficient (Wildman–Crippen LogP) is 5.10. The second-order valence-electron chi connectivity index (χ2n) is 8.20. The van der Waals surface area contributed by atoms with Gasteiger partial charge in [0, 0.05) is 18.5 Å². The molecule has 0 atom stereocenters. The summed E-state index contributed by atoms with van der Waals surface area (Å²) >= 11 is 1.30. The SMILES string of the molecule is CCCCCCCCN(CC)Cc1ccc(CNC(=O)c2csc3nc[nH]c(=O)c23)cc1. The first kappa shape index (κ1) is 24.1. The number of nitrogens with one attached hydrogen (secondary N) is 2. The summed E-state index contributed by atoms with van der Waals surface area (Å²) in [6.45, 7) is 8.04. The van der Waals surface area contributed by atoms with Gasteiger partial charge in [0.25, 0.3) is 11.5 Å². The molecule has 3 rings (SSSR count). The van der Waals surface area contributed by atoms with Gasteiger partial charge in [0.2, 0.25) is 0 Å². The Balaban J connectivity index is 1.47. The Kier molecular flexibility index (Phi) is 9.43. The van der Waals surface area contributed by atoms with Crippen LogP contribution in [0.15, 0.2) is 40.8 Å². The van der Waals surface area contributed by atoms with Gasteiger partial charge in [0.05, 0.1) is 17.3 Å². The lowest BCUT2D eigenvalue weighted by atomic mass is 10.1. The highest BCUT2D eigenvalue weighted by atomic mass is 32.1. The summed E-state index contributed by atoms with van der Waals surface area (Å²) in [7, 11) is 0. The van der Waals surface area contributed by atoms with Gasteiger partial charge in [0.1, 0.15) is 4.83 Å². The molecule has 2 aromatic heterocycles. The molecule has 0 unspecified atom stereocenters. The van der Waals surface area contributed by atoms with Crippen LogP contribution < -0.4 is 10.9 Å². The molecule has 1 amide bonds. The lowest BCUT2D eigenvalue weighted by Crippen LogP contribution is -2.24. The van der Waals surface area contributed by atoms with E-state index in [1.54, 1.807) is 5.38 Å². The topological polar surface area (TPSA) is 78.1 Å². The number of unbranched alkanes of at least 4 members (excludes halogenated alkanes) is 5. The van der Waals surface area contributed by atoms with E-state index in [0.29, 0.717) is 22.3 Å². The number of benzene rings is 1. The van der Waals surface area contributed by atoms with Gasteiger partial charge in [-0.1, -0.05) is 70.2 Å². The molecule has 172 valence electrons. The van der Waals surface area contributed by atoms with Gasteiger partial charge in [-0.05, 0) is 30.6 Å². The van der Waals surface area contributed by atoms with Crippen molar-refractivity contribution in [2.24, 2.45) is 0 Å². The van der Waals surface area contributed by atoms with Gasteiger partial charge in [0.15, 0.2) is 0 Å². The molecule has 2 heterocycles. The minimum absolute atomic E-state index is 0.255. The van der Waals surface area contributed by atoms with Crippen molar-refractivity contribution >= 4 is 27.5 Å². The first-order valence-corrected chi connectivity index (χ1v) is 12.5. The number of carbonyl (C=O) groups excluding carboxylic acids is 1. The maximum Gasteiger partial charge on any atom is 0.260 e. The van der Waals surface area contributed by atoms with E-state index in [1.165, 1.54) is 61.8 Å². The highest BCUT2D eigenvalue weighted by Crippen LogP contribution is 2.20. The molecule has 0 fully saturated rings. The second-order valence-corrected chi connectivity index (χ2v) is 9.06. The van der Waals surface area contributed by atoms with E-state index in [4.69, 9.17) is 0 Å². The first-order chi connectivity index (χ1) is 15.6. The molecule has 1 aromatic carbocycles. The van der Waals surface area contributed by atoms with Crippen LogP contribution in [0.3, 0.4) is 0 Å². The van der Waals surface area contributed by atoms with Gasteiger partial charge in [-0.2, -0.15) is 0 Å². The molecule has 6 nitrogen and oxygen atoms in total. The number of amides is 1. The monoisotopic (exact) mass is 454 g/mol. The third-order valence-electron chi connectivity index (χ3n) is 5.78. The molecule has 0 saturated carbocycles. The number of aromatic nitrogens is 2. The van der Waals surface area contributed by atoms with Crippen LogP contribution in [0, 0.1) is 0 Å². The predicted molar refractivity (Wildman–Crippen MR) is 132 cm³/mol. The molecular formula is C25H34N4O2S. The highest BCUT2D eigenvalue weighted by molar-refractivity contribution is 7.17. The average Bonchev–Trinajstić information content (AvgIpc) is 3.25. The van der Waals surface area contributed by atoms with E-state index < -0.39 is 0 Å². The average molecular weight is 455 g/mol. The summed E-state index contributed by atoms with van der Waals surface area (Å²) in [5.74, 6) is -0.255. The Morgan fingerprint density at radius 3 is 2.53 bits per heavy atom. The Morgan fingerprint density at radius 1 is 1.06 bits per heavy atom. The van der Waals surface area contributed by atoms with Gasteiger partial charge in [-0.15, -0.1) is 11.3 Å². The fraction of sp³-hybridized carbons (Fsp3) is 0.480. The van der Waals surface area contributed by atoms with Crippen LogP contribution in [0.25, 0.3) is 10.2 Å². The minimum Gasteiger partial charge on any atom is -0.348 e. The van der Waals surface area contributed by atoms with Crippen LogP contribution in [0.2, 0.25) is 0 Å². The molecule has 7 heteroatoms. The van der Waals surface area contributed by atoms with Crippen molar-refractivity contribution in [1.29, 1.82) is 0 Å². The van der Waals surface area contributed by atoms with Gasteiger partial charge in [-0.25, -0.2) is 4.98 Å². The standard InChI is InChI=1S/C25H34N4O2S/c1-3-5-6-7-8-9-14-29(4-2)16-20-12-10-19(11-13-20)15-26-23(30)21-17-32-25-22(21)24(31)27-18-28-25/h10-13,17-18H,3-9,14-16H2,1-2H3,(H,26,30)(H,27,28,31). The van der Waals surface area contributed by atoms with Gasteiger partial charge in [-0.3, -0.25) is 14.5 Å². The fourth-order valence-electron chi connectivity index (χ4n) is 3.81. The normalized spacial score (nSPS) is 11.3. The maximum atomic E-state index is 12.6. The zero-order valence-corrected chi connectivity index (χ0v) is 20.0. The summed E-state index contributed by atoms with van der Waals surface area (Å²) < 4.78 is 0. The summed E-state index contributed by atoms with van der Waals surface area (Å²) in [6.07, 6.45) is 9.28. The smallest absolute Gasteiger partial charge is 0.260 e. The van der Waals surface area contributed by atoms with Crippen LogP contribution >= 0.6 is 11.3 Å². The minimum atomic E-state index is -0.285. The van der Waals surface area contributed by atoms with Crippen molar-refractivity contribution in [3.8, 4) is 0 Å². The van der Waals surface area contributed by atoms with E-state index in [-0.39, 0.29) is 11.5 Å². The molecule has 2 N–H and O–H groups in total. The van der Waals surface area contributed by atoms with E-state index in [1.807, 2.05) is 0 Å². The molecule has 3 aromatic rings. The van der Waals surface area contributed by atoms with Gasteiger partial charge >= 0.3 is 0 Å². The van der Waals surface area contributed by atoms with Crippen molar-refractivity contribution in [1.82, 2.24) is 20.2 Å². The van der Waals surface area contributed by atoms with E-state index in [2.05, 4.69) is 58.3 Å². The van der Waals surface area contributed by atoms with E-state index in [0.717, 1.165) is 25.2 Å². The largest absolute Gasteiger partial charge is 0.348 e. The quantitative estimate of drug-likeness (QED) is 0.352. The zero-order valence-electron chi connectivity index (χ0n) is 19.2. The lowest BCUT2D eigenvalue weighted by Gasteiger charge is -2.20. The highest BCUT2D eigenvalue weighted by Gasteiger charge is 2.15. The lowest BCUT2D eigenvalue weighted by molar-refractivity contribution is 0.0953. The number of H-pyrrole nitrogens is 1. The van der Waals surface area contributed by atoms with Crippen molar-refractivity contribution < 1.29 is 4.79 Å². The molecule has 0 radical (unpaired) electrons. The number of nitrogens with zero attached hydrogens (tertiary/aromatic N) is 2. The van der Waals surface area contributed by atoms with Crippen molar-refractivity contribution in [2.75, 3.05) is 13.1 Å². The Morgan fingerprint density at radius 2 is 1.78 bits per heavy atom. The molecule has 32 heavy (non-hydrogen) atoms. The van der Waals surface area contributed by atoms with E-state index in [9.17, 15) is 9.59 Å². The summed E-state index contributed by atoms with van der Waals surface area (Å²) in [5, 5.41) is 4.96. The summed E-state index contributed by atoms with van der Waals surface area (Å²) in [6, 6.07) is 8.41. The Labute approximate surface area is 194 Å². The number of thiophene rings is 1.